The first-order valence-corrected chi connectivity index (χ1v) is 9.07. The maximum atomic E-state index is 12.6. The normalized spacial score (nSPS) is 11.0. The molecular formula is C22H21N5O. The molecule has 4 rings (SSSR count). The maximum Gasteiger partial charge on any atom is 0.274 e. The van der Waals surface area contributed by atoms with E-state index in [9.17, 15) is 4.79 Å². The van der Waals surface area contributed by atoms with Crippen molar-refractivity contribution in [1.82, 2.24) is 19.7 Å². The third-order valence-corrected chi connectivity index (χ3v) is 4.80. The van der Waals surface area contributed by atoms with Crippen LogP contribution >= 0.6 is 0 Å². The van der Waals surface area contributed by atoms with Crippen molar-refractivity contribution < 1.29 is 4.79 Å². The second kappa shape index (κ2) is 6.88. The highest BCUT2D eigenvalue weighted by atomic mass is 16.2. The van der Waals surface area contributed by atoms with Gasteiger partial charge in [-0.25, -0.2) is 9.97 Å². The number of carbonyl (C=O) groups is 1. The number of nitrogens with one attached hydrogen (secondary N) is 1. The van der Waals surface area contributed by atoms with E-state index in [-0.39, 0.29) is 5.91 Å². The zero-order chi connectivity index (χ0) is 19.8. The van der Waals surface area contributed by atoms with Crippen molar-refractivity contribution in [3.63, 3.8) is 0 Å². The Hall–Kier alpha value is -3.54. The molecule has 0 aliphatic heterocycles. The van der Waals surface area contributed by atoms with Gasteiger partial charge in [-0.3, -0.25) is 9.48 Å². The summed E-state index contributed by atoms with van der Waals surface area (Å²) in [5, 5.41) is 8.12. The summed E-state index contributed by atoms with van der Waals surface area (Å²) in [5.74, 6) is 0.491. The number of benzene rings is 2. The number of fused-ring (bicyclic) bond motifs is 1. The largest absolute Gasteiger partial charge is 0.320 e. The minimum Gasteiger partial charge on any atom is -0.320 e. The molecule has 6 nitrogen and oxygen atoms in total. The molecule has 0 unspecified atom stereocenters. The number of amides is 1. The number of anilines is 1. The first kappa shape index (κ1) is 17.9. The summed E-state index contributed by atoms with van der Waals surface area (Å²) < 4.78 is 1.58. The molecule has 0 saturated carbocycles. The molecular weight excluding hydrogens is 350 g/mol. The van der Waals surface area contributed by atoms with Gasteiger partial charge >= 0.3 is 0 Å². The van der Waals surface area contributed by atoms with Crippen LogP contribution < -0.4 is 5.32 Å². The first-order chi connectivity index (χ1) is 13.4. The van der Waals surface area contributed by atoms with Gasteiger partial charge in [0.05, 0.1) is 11.7 Å². The number of rotatable bonds is 3. The molecule has 0 atom stereocenters. The highest BCUT2D eigenvalue weighted by molar-refractivity contribution is 6.04. The van der Waals surface area contributed by atoms with Gasteiger partial charge in [-0.05, 0) is 62.2 Å². The van der Waals surface area contributed by atoms with Gasteiger partial charge in [-0.15, -0.1) is 0 Å². The van der Waals surface area contributed by atoms with Crippen molar-refractivity contribution in [2.24, 2.45) is 7.05 Å². The van der Waals surface area contributed by atoms with E-state index in [4.69, 9.17) is 0 Å². The Bertz CT molecular complexity index is 1190. The molecule has 0 spiro atoms. The SMILES string of the molecule is Cc1ccc2nc(-c3ccc(NC(=O)c4c(C)cnn4C)c(C)c3)ncc2c1. The summed E-state index contributed by atoms with van der Waals surface area (Å²) in [4.78, 5) is 21.8. The molecule has 0 aliphatic rings. The van der Waals surface area contributed by atoms with Crippen LogP contribution in [0.4, 0.5) is 5.69 Å². The highest BCUT2D eigenvalue weighted by Gasteiger charge is 2.15. The molecule has 2 aromatic carbocycles. The standard InChI is InChI=1S/C22H21N5O/c1-13-5-7-19-17(9-13)12-23-21(25-19)16-6-8-18(14(2)10-16)26-22(28)20-15(3)11-24-27(20)4/h5-12H,1-4H3,(H,26,28). The Morgan fingerprint density at radius 2 is 1.82 bits per heavy atom. The topological polar surface area (TPSA) is 72.7 Å². The van der Waals surface area contributed by atoms with Crippen molar-refractivity contribution >= 4 is 22.5 Å². The van der Waals surface area contributed by atoms with E-state index in [0.29, 0.717) is 11.5 Å². The predicted octanol–water partition coefficient (Wildman–Crippen LogP) is 4.21. The fourth-order valence-corrected chi connectivity index (χ4v) is 3.29. The molecule has 0 radical (unpaired) electrons. The van der Waals surface area contributed by atoms with E-state index in [0.717, 1.165) is 33.3 Å². The molecule has 1 amide bonds. The Morgan fingerprint density at radius 3 is 2.54 bits per heavy atom. The molecule has 0 bridgehead atoms. The van der Waals surface area contributed by atoms with Gasteiger partial charge in [0.15, 0.2) is 5.82 Å². The summed E-state index contributed by atoms with van der Waals surface area (Å²) in [7, 11) is 1.76. The molecule has 140 valence electrons. The molecule has 1 N–H and O–H groups in total. The van der Waals surface area contributed by atoms with E-state index in [2.05, 4.69) is 33.4 Å². The van der Waals surface area contributed by atoms with Crippen LogP contribution in [-0.4, -0.2) is 25.7 Å². The second-order valence-corrected chi connectivity index (χ2v) is 7.04. The van der Waals surface area contributed by atoms with Gasteiger partial charge in [-0.2, -0.15) is 5.10 Å². The number of hydrogen-bond donors (Lipinski definition) is 1. The summed E-state index contributed by atoms with van der Waals surface area (Å²) in [6.45, 7) is 5.88. The van der Waals surface area contributed by atoms with E-state index in [1.165, 1.54) is 5.56 Å². The molecule has 0 saturated heterocycles. The minimum absolute atomic E-state index is 0.175. The lowest BCUT2D eigenvalue weighted by molar-refractivity contribution is 0.101. The molecule has 2 heterocycles. The molecule has 4 aromatic rings. The zero-order valence-corrected chi connectivity index (χ0v) is 16.3. The highest BCUT2D eigenvalue weighted by Crippen LogP contribution is 2.24. The maximum absolute atomic E-state index is 12.6. The van der Waals surface area contributed by atoms with Crippen molar-refractivity contribution in [3.05, 3.63) is 71.2 Å². The molecule has 0 aliphatic carbocycles. The van der Waals surface area contributed by atoms with Gasteiger partial charge in [-0.1, -0.05) is 11.6 Å². The molecule has 28 heavy (non-hydrogen) atoms. The quantitative estimate of drug-likeness (QED) is 0.585. The molecule has 2 aromatic heterocycles. The first-order valence-electron chi connectivity index (χ1n) is 9.07. The number of carbonyl (C=O) groups excluding carboxylic acids is 1. The zero-order valence-electron chi connectivity index (χ0n) is 16.3. The number of nitrogens with zero attached hydrogens (tertiary/aromatic N) is 4. The van der Waals surface area contributed by atoms with E-state index in [1.54, 1.807) is 17.9 Å². The summed E-state index contributed by atoms with van der Waals surface area (Å²) in [6, 6.07) is 11.9. The Morgan fingerprint density at radius 1 is 1.00 bits per heavy atom. The number of aryl methyl sites for hydroxylation is 4. The molecule has 6 heteroatoms. The van der Waals surface area contributed by atoms with Crippen LogP contribution in [-0.2, 0) is 7.05 Å². The van der Waals surface area contributed by atoms with Gasteiger partial charge in [0.25, 0.3) is 5.91 Å². The van der Waals surface area contributed by atoms with Gasteiger partial charge in [0.2, 0.25) is 0 Å². The average Bonchev–Trinajstić information content (AvgIpc) is 3.01. The van der Waals surface area contributed by atoms with Crippen LogP contribution in [0.5, 0.6) is 0 Å². The smallest absolute Gasteiger partial charge is 0.274 e. The van der Waals surface area contributed by atoms with E-state index in [1.807, 2.05) is 50.4 Å². The predicted molar refractivity (Wildman–Crippen MR) is 110 cm³/mol. The Labute approximate surface area is 163 Å². The van der Waals surface area contributed by atoms with Crippen LogP contribution in [0.2, 0.25) is 0 Å². The fraction of sp³-hybridized carbons (Fsp3) is 0.182. The minimum atomic E-state index is -0.175. The Kier molecular flexibility index (Phi) is 4.39. The van der Waals surface area contributed by atoms with Crippen molar-refractivity contribution in [3.8, 4) is 11.4 Å². The monoisotopic (exact) mass is 371 g/mol. The van der Waals surface area contributed by atoms with Crippen LogP contribution in [0.1, 0.15) is 27.2 Å². The van der Waals surface area contributed by atoms with Gasteiger partial charge in [0.1, 0.15) is 5.69 Å². The van der Waals surface area contributed by atoms with Crippen molar-refractivity contribution in [1.29, 1.82) is 0 Å². The number of aromatic nitrogens is 4. The van der Waals surface area contributed by atoms with Gasteiger partial charge < -0.3 is 5.32 Å². The van der Waals surface area contributed by atoms with Crippen LogP contribution in [0.3, 0.4) is 0 Å². The fourth-order valence-electron chi connectivity index (χ4n) is 3.29. The lowest BCUT2D eigenvalue weighted by Gasteiger charge is -2.11. The third-order valence-electron chi connectivity index (χ3n) is 4.80. The average molecular weight is 371 g/mol. The summed E-state index contributed by atoms with van der Waals surface area (Å²) in [5.41, 5.74) is 6.10. The molecule has 0 fully saturated rings. The summed E-state index contributed by atoms with van der Waals surface area (Å²) in [6.07, 6.45) is 3.53. The third kappa shape index (κ3) is 3.24. The summed E-state index contributed by atoms with van der Waals surface area (Å²) >= 11 is 0. The van der Waals surface area contributed by atoms with E-state index >= 15 is 0 Å². The van der Waals surface area contributed by atoms with Crippen LogP contribution in [0.15, 0.2) is 48.8 Å². The van der Waals surface area contributed by atoms with Crippen molar-refractivity contribution in [2.75, 3.05) is 5.32 Å². The lowest BCUT2D eigenvalue weighted by atomic mass is 10.1. The Balaban J connectivity index is 1.63. The van der Waals surface area contributed by atoms with Crippen LogP contribution in [0.25, 0.3) is 22.3 Å². The second-order valence-electron chi connectivity index (χ2n) is 7.04. The number of hydrogen-bond acceptors (Lipinski definition) is 4. The van der Waals surface area contributed by atoms with Crippen LogP contribution in [0, 0.1) is 20.8 Å². The van der Waals surface area contributed by atoms with E-state index < -0.39 is 0 Å². The van der Waals surface area contributed by atoms with Crippen molar-refractivity contribution in [2.45, 2.75) is 20.8 Å². The van der Waals surface area contributed by atoms with Gasteiger partial charge in [0, 0.05) is 29.9 Å². The lowest BCUT2D eigenvalue weighted by Crippen LogP contribution is -2.17.